The fraction of sp³-hybridized carbons (Fsp3) is 0.348. The van der Waals surface area contributed by atoms with Gasteiger partial charge in [0, 0.05) is 24.5 Å². The van der Waals surface area contributed by atoms with E-state index in [0.717, 1.165) is 30.9 Å². The third kappa shape index (κ3) is 5.45. The SMILES string of the molecule is CCCCc1ccc(Nc2nc(Nc3ccccc3)nc(N3CCOCC3)n2)cc1. The number of hydrogen-bond donors (Lipinski definition) is 2. The Hall–Kier alpha value is -3.19. The number of ether oxygens (including phenoxy) is 1. The number of benzene rings is 2. The number of anilines is 5. The second-order valence-electron chi connectivity index (χ2n) is 7.30. The summed E-state index contributed by atoms with van der Waals surface area (Å²) in [6.07, 6.45) is 3.51. The zero-order valence-corrected chi connectivity index (χ0v) is 17.3. The molecule has 0 bridgehead atoms. The van der Waals surface area contributed by atoms with Crippen LogP contribution >= 0.6 is 0 Å². The molecule has 0 atom stereocenters. The predicted octanol–water partition coefficient (Wildman–Crippen LogP) is 4.54. The molecule has 2 aromatic carbocycles. The normalized spacial score (nSPS) is 13.8. The summed E-state index contributed by atoms with van der Waals surface area (Å²) in [4.78, 5) is 16.0. The fourth-order valence-corrected chi connectivity index (χ4v) is 3.30. The lowest BCUT2D eigenvalue weighted by atomic mass is 10.1. The van der Waals surface area contributed by atoms with Crippen molar-refractivity contribution in [3.63, 3.8) is 0 Å². The van der Waals surface area contributed by atoms with Crippen LogP contribution in [0.4, 0.5) is 29.2 Å². The van der Waals surface area contributed by atoms with E-state index in [1.165, 1.54) is 18.4 Å². The number of hydrogen-bond acceptors (Lipinski definition) is 7. The average Bonchev–Trinajstić information content (AvgIpc) is 2.80. The third-order valence-electron chi connectivity index (χ3n) is 4.98. The molecule has 1 saturated heterocycles. The molecule has 2 N–H and O–H groups in total. The number of morpholine rings is 1. The average molecular weight is 405 g/mol. The van der Waals surface area contributed by atoms with E-state index in [9.17, 15) is 0 Å². The Morgan fingerprint density at radius 1 is 0.833 bits per heavy atom. The highest BCUT2D eigenvalue weighted by atomic mass is 16.5. The van der Waals surface area contributed by atoms with Crippen LogP contribution in [0.3, 0.4) is 0 Å². The smallest absolute Gasteiger partial charge is 0.233 e. The molecule has 0 aliphatic carbocycles. The van der Waals surface area contributed by atoms with Gasteiger partial charge in [-0.1, -0.05) is 43.7 Å². The van der Waals surface area contributed by atoms with E-state index < -0.39 is 0 Å². The molecule has 30 heavy (non-hydrogen) atoms. The van der Waals surface area contributed by atoms with Crippen LogP contribution in [0.5, 0.6) is 0 Å². The summed E-state index contributed by atoms with van der Waals surface area (Å²) in [5.41, 5.74) is 3.24. The van der Waals surface area contributed by atoms with Gasteiger partial charge in [-0.25, -0.2) is 0 Å². The molecule has 0 radical (unpaired) electrons. The van der Waals surface area contributed by atoms with E-state index in [0.29, 0.717) is 31.1 Å². The van der Waals surface area contributed by atoms with Gasteiger partial charge < -0.3 is 20.3 Å². The molecule has 1 aliphatic heterocycles. The van der Waals surface area contributed by atoms with Crippen molar-refractivity contribution in [1.82, 2.24) is 15.0 Å². The Morgan fingerprint density at radius 3 is 2.10 bits per heavy atom. The highest BCUT2D eigenvalue weighted by Crippen LogP contribution is 2.21. The van der Waals surface area contributed by atoms with Crippen LogP contribution < -0.4 is 15.5 Å². The van der Waals surface area contributed by atoms with Crippen molar-refractivity contribution in [2.75, 3.05) is 41.8 Å². The van der Waals surface area contributed by atoms with Gasteiger partial charge in [-0.2, -0.15) is 15.0 Å². The summed E-state index contributed by atoms with van der Waals surface area (Å²) in [5, 5.41) is 6.61. The summed E-state index contributed by atoms with van der Waals surface area (Å²) in [7, 11) is 0. The summed E-state index contributed by atoms with van der Waals surface area (Å²) in [5.74, 6) is 1.68. The van der Waals surface area contributed by atoms with Gasteiger partial charge in [-0.15, -0.1) is 0 Å². The van der Waals surface area contributed by atoms with Crippen molar-refractivity contribution in [3.05, 3.63) is 60.2 Å². The van der Waals surface area contributed by atoms with Crippen LogP contribution in [-0.4, -0.2) is 41.3 Å². The van der Waals surface area contributed by atoms with E-state index in [2.05, 4.69) is 61.7 Å². The molecule has 0 spiro atoms. The van der Waals surface area contributed by atoms with E-state index >= 15 is 0 Å². The first-order chi connectivity index (χ1) is 14.8. The molecule has 3 aromatic rings. The minimum atomic E-state index is 0.514. The maximum absolute atomic E-state index is 5.47. The fourth-order valence-electron chi connectivity index (χ4n) is 3.30. The van der Waals surface area contributed by atoms with Crippen LogP contribution in [0.25, 0.3) is 0 Å². The van der Waals surface area contributed by atoms with Crippen LogP contribution in [0, 0.1) is 0 Å². The van der Waals surface area contributed by atoms with Crippen LogP contribution in [0.2, 0.25) is 0 Å². The number of rotatable bonds is 8. The molecule has 156 valence electrons. The third-order valence-corrected chi connectivity index (χ3v) is 4.98. The molecule has 1 aliphatic rings. The maximum atomic E-state index is 5.47. The lowest BCUT2D eigenvalue weighted by Gasteiger charge is -2.27. The van der Waals surface area contributed by atoms with Gasteiger partial charge in [0.15, 0.2) is 0 Å². The molecule has 7 nitrogen and oxygen atoms in total. The number of para-hydroxylation sites is 1. The van der Waals surface area contributed by atoms with Crippen LogP contribution in [0.1, 0.15) is 25.3 Å². The van der Waals surface area contributed by atoms with Crippen LogP contribution in [-0.2, 0) is 11.2 Å². The number of nitrogens with zero attached hydrogens (tertiary/aromatic N) is 4. The topological polar surface area (TPSA) is 75.2 Å². The first kappa shape index (κ1) is 20.1. The van der Waals surface area contributed by atoms with Gasteiger partial charge in [0.25, 0.3) is 0 Å². The molecule has 1 fully saturated rings. The first-order valence-electron chi connectivity index (χ1n) is 10.6. The molecule has 1 aromatic heterocycles. The highest BCUT2D eigenvalue weighted by molar-refractivity contribution is 5.59. The summed E-state index contributed by atoms with van der Waals surface area (Å²) >= 11 is 0. The Balaban J connectivity index is 1.56. The lowest BCUT2D eigenvalue weighted by Crippen LogP contribution is -2.37. The van der Waals surface area contributed by atoms with Crippen molar-refractivity contribution < 1.29 is 4.74 Å². The van der Waals surface area contributed by atoms with Crippen molar-refractivity contribution in [3.8, 4) is 0 Å². The molecule has 2 heterocycles. The summed E-state index contributed by atoms with van der Waals surface area (Å²) in [6, 6.07) is 18.4. The zero-order chi connectivity index (χ0) is 20.6. The maximum Gasteiger partial charge on any atom is 0.233 e. The van der Waals surface area contributed by atoms with E-state index in [1.54, 1.807) is 0 Å². The molecule has 7 heteroatoms. The largest absolute Gasteiger partial charge is 0.378 e. The van der Waals surface area contributed by atoms with Gasteiger partial charge in [0.2, 0.25) is 17.8 Å². The Bertz CT molecular complexity index is 926. The molecule has 0 saturated carbocycles. The van der Waals surface area contributed by atoms with Gasteiger partial charge >= 0.3 is 0 Å². The predicted molar refractivity (Wildman–Crippen MR) is 121 cm³/mol. The Labute approximate surface area is 177 Å². The van der Waals surface area contributed by atoms with Gasteiger partial charge in [-0.3, -0.25) is 0 Å². The Morgan fingerprint density at radius 2 is 1.47 bits per heavy atom. The van der Waals surface area contributed by atoms with Crippen molar-refractivity contribution in [2.24, 2.45) is 0 Å². The van der Waals surface area contributed by atoms with Crippen molar-refractivity contribution >= 4 is 29.2 Å². The number of aromatic nitrogens is 3. The number of unbranched alkanes of at least 4 members (excludes halogenated alkanes) is 1. The van der Waals surface area contributed by atoms with E-state index in [-0.39, 0.29) is 0 Å². The first-order valence-corrected chi connectivity index (χ1v) is 10.6. The zero-order valence-electron chi connectivity index (χ0n) is 17.3. The standard InChI is InChI=1S/C23H28N6O/c1-2-3-7-18-10-12-20(13-11-18)25-22-26-21(24-19-8-5-4-6-9-19)27-23(28-22)29-14-16-30-17-15-29/h4-6,8-13H,2-3,7,14-17H2,1H3,(H2,24,25,26,27,28). The second kappa shape index (κ2) is 10.0. The molecular formula is C23H28N6O. The van der Waals surface area contributed by atoms with Crippen molar-refractivity contribution in [2.45, 2.75) is 26.2 Å². The van der Waals surface area contributed by atoms with Gasteiger partial charge in [-0.05, 0) is 42.7 Å². The molecular weight excluding hydrogens is 376 g/mol. The number of nitrogens with one attached hydrogen (secondary N) is 2. The second-order valence-corrected chi connectivity index (χ2v) is 7.30. The molecule has 0 amide bonds. The number of aryl methyl sites for hydroxylation is 1. The van der Waals surface area contributed by atoms with Crippen molar-refractivity contribution in [1.29, 1.82) is 0 Å². The Kier molecular flexibility index (Phi) is 6.72. The minimum absolute atomic E-state index is 0.514. The van der Waals surface area contributed by atoms with Gasteiger partial charge in [0.05, 0.1) is 13.2 Å². The minimum Gasteiger partial charge on any atom is -0.378 e. The molecule has 0 unspecified atom stereocenters. The summed E-state index contributed by atoms with van der Waals surface area (Å²) < 4.78 is 5.47. The van der Waals surface area contributed by atoms with Crippen LogP contribution in [0.15, 0.2) is 54.6 Å². The monoisotopic (exact) mass is 404 g/mol. The summed E-state index contributed by atoms with van der Waals surface area (Å²) in [6.45, 7) is 5.09. The quantitative estimate of drug-likeness (QED) is 0.571. The van der Waals surface area contributed by atoms with Gasteiger partial charge in [0.1, 0.15) is 0 Å². The molecule has 4 rings (SSSR count). The van der Waals surface area contributed by atoms with E-state index in [4.69, 9.17) is 4.74 Å². The highest BCUT2D eigenvalue weighted by Gasteiger charge is 2.17. The van der Waals surface area contributed by atoms with E-state index in [1.807, 2.05) is 30.3 Å². The lowest BCUT2D eigenvalue weighted by molar-refractivity contribution is 0.122.